The molecule has 0 aromatic carbocycles. The van der Waals surface area contributed by atoms with Gasteiger partial charge >= 0.3 is 0 Å². The van der Waals surface area contributed by atoms with Gasteiger partial charge in [0.1, 0.15) is 0 Å². The maximum absolute atomic E-state index is 11.6. The van der Waals surface area contributed by atoms with Crippen LogP contribution in [0.2, 0.25) is 0 Å². The van der Waals surface area contributed by atoms with E-state index < -0.39 is 10.0 Å². The summed E-state index contributed by atoms with van der Waals surface area (Å²) in [6, 6.07) is 0.279. The molecule has 102 valence electrons. The average molecular weight is 283 g/mol. The van der Waals surface area contributed by atoms with Crippen molar-refractivity contribution in [3.05, 3.63) is 0 Å². The minimum absolute atomic E-state index is 0.128. The molecule has 1 unspecified atom stereocenters. The van der Waals surface area contributed by atoms with Crippen molar-refractivity contribution >= 4 is 21.6 Å². The summed E-state index contributed by atoms with van der Waals surface area (Å²) in [5.41, 5.74) is 0. The lowest BCUT2D eigenvalue weighted by Gasteiger charge is -2.32. The summed E-state index contributed by atoms with van der Waals surface area (Å²) in [4.78, 5) is 2.35. The predicted molar refractivity (Wildman–Crippen MR) is 72.0 cm³/mol. The zero-order chi connectivity index (χ0) is 12.7. The predicted octanol–water partition coefficient (Wildman–Crippen LogP) is 1.41. The Morgan fingerprint density at radius 3 is 2.53 bits per heavy atom. The van der Waals surface area contributed by atoms with Gasteiger partial charge in [-0.25, -0.2) is 13.1 Å². The van der Waals surface area contributed by atoms with Crippen molar-refractivity contribution in [2.45, 2.75) is 38.6 Å². The largest absolute Gasteiger partial charge is 0.299 e. The second-order valence-corrected chi connectivity index (χ2v) is 6.96. The van der Waals surface area contributed by atoms with Gasteiger partial charge in [0.25, 0.3) is 0 Å². The molecule has 1 fully saturated rings. The van der Waals surface area contributed by atoms with Crippen LogP contribution in [0.1, 0.15) is 32.6 Å². The minimum atomic E-state index is -3.14. The first-order valence-electron chi connectivity index (χ1n) is 6.32. The molecular formula is C11H23ClN2O2S. The number of nitrogens with zero attached hydrogens (tertiary/aromatic N) is 1. The molecule has 1 rings (SSSR count). The summed E-state index contributed by atoms with van der Waals surface area (Å²) in [6.07, 6.45) is 4.26. The van der Waals surface area contributed by atoms with Crippen LogP contribution in [-0.4, -0.2) is 50.6 Å². The van der Waals surface area contributed by atoms with E-state index in [1.54, 1.807) is 0 Å². The second-order valence-electron chi connectivity index (χ2n) is 4.66. The summed E-state index contributed by atoms with van der Waals surface area (Å²) in [5, 5.41) is 0. The topological polar surface area (TPSA) is 49.4 Å². The van der Waals surface area contributed by atoms with E-state index in [4.69, 9.17) is 11.6 Å². The van der Waals surface area contributed by atoms with Crippen LogP contribution in [0, 0.1) is 0 Å². The lowest BCUT2D eigenvalue weighted by atomic mass is 10.1. The van der Waals surface area contributed by atoms with Gasteiger partial charge in [-0.2, -0.15) is 0 Å². The van der Waals surface area contributed by atoms with E-state index in [2.05, 4.69) is 16.5 Å². The third kappa shape index (κ3) is 6.04. The Hall–Kier alpha value is 0.160. The number of sulfonamides is 1. The highest BCUT2D eigenvalue weighted by Crippen LogP contribution is 2.11. The molecule has 1 saturated heterocycles. The van der Waals surface area contributed by atoms with Gasteiger partial charge in [0.05, 0.1) is 5.75 Å². The molecule has 0 aliphatic carbocycles. The van der Waals surface area contributed by atoms with Crippen molar-refractivity contribution in [2.75, 3.05) is 31.3 Å². The molecule has 1 aliphatic heterocycles. The third-order valence-corrected chi connectivity index (χ3v) is 4.86. The van der Waals surface area contributed by atoms with Crippen molar-refractivity contribution in [1.82, 2.24) is 9.62 Å². The zero-order valence-electron chi connectivity index (χ0n) is 10.5. The Morgan fingerprint density at radius 2 is 1.94 bits per heavy atom. The molecule has 6 heteroatoms. The molecule has 1 aliphatic rings. The van der Waals surface area contributed by atoms with Gasteiger partial charge in [0, 0.05) is 18.5 Å². The molecule has 4 nitrogen and oxygen atoms in total. The lowest BCUT2D eigenvalue weighted by molar-refractivity contribution is 0.175. The van der Waals surface area contributed by atoms with E-state index in [9.17, 15) is 8.42 Å². The average Bonchev–Trinajstić information content (AvgIpc) is 2.35. The van der Waals surface area contributed by atoms with Crippen LogP contribution in [0.4, 0.5) is 0 Å². The molecule has 0 aromatic rings. The number of rotatable bonds is 7. The molecule has 0 amide bonds. The Bertz CT molecular complexity index is 303. The Balaban J connectivity index is 2.28. The Kier molecular flexibility index (Phi) is 6.77. The first-order chi connectivity index (χ1) is 8.05. The highest BCUT2D eigenvalue weighted by Gasteiger charge is 2.18. The van der Waals surface area contributed by atoms with Crippen molar-refractivity contribution < 1.29 is 8.42 Å². The van der Waals surface area contributed by atoms with Gasteiger partial charge in [0.2, 0.25) is 10.0 Å². The lowest BCUT2D eigenvalue weighted by Crippen LogP contribution is -2.44. The van der Waals surface area contributed by atoms with Crippen molar-refractivity contribution in [3.63, 3.8) is 0 Å². The molecule has 0 saturated carbocycles. The molecule has 0 radical (unpaired) electrons. The smallest absolute Gasteiger partial charge is 0.211 e. The SMILES string of the molecule is CC(CNS(=O)(=O)CCCCl)N1CCCCC1. The highest BCUT2D eigenvalue weighted by atomic mass is 35.5. The van der Waals surface area contributed by atoms with Crippen molar-refractivity contribution in [1.29, 1.82) is 0 Å². The van der Waals surface area contributed by atoms with E-state index in [1.165, 1.54) is 19.3 Å². The van der Waals surface area contributed by atoms with Gasteiger partial charge < -0.3 is 0 Å². The Morgan fingerprint density at radius 1 is 1.29 bits per heavy atom. The summed E-state index contributed by atoms with van der Waals surface area (Å²) in [5.74, 6) is 0.520. The fourth-order valence-corrected chi connectivity index (χ4v) is 3.51. The van der Waals surface area contributed by atoms with Crippen molar-refractivity contribution in [3.8, 4) is 0 Å². The fourth-order valence-electron chi connectivity index (χ4n) is 2.05. The van der Waals surface area contributed by atoms with Crippen LogP contribution in [0.5, 0.6) is 0 Å². The van der Waals surface area contributed by atoms with Gasteiger partial charge in [-0.3, -0.25) is 4.90 Å². The molecule has 0 aromatic heterocycles. The summed E-state index contributed by atoms with van der Waals surface area (Å²) < 4.78 is 25.8. The van der Waals surface area contributed by atoms with E-state index >= 15 is 0 Å². The fraction of sp³-hybridized carbons (Fsp3) is 1.00. The number of hydrogen-bond donors (Lipinski definition) is 1. The van der Waals surface area contributed by atoms with Crippen molar-refractivity contribution in [2.24, 2.45) is 0 Å². The minimum Gasteiger partial charge on any atom is -0.299 e. The van der Waals surface area contributed by atoms with Gasteiger partial charge in [-0.1, -0.05) is 6.42 Å². The second kappa shape index (κ2) is 7.56. The van der Waals surface area contributed by atoms with Crippen LogP contribution in [-0.2, 0) is 10.0 Å². The van der Waals surface area contributed by atoms with E-state index in [0.29, 0.717) is 18.8 Å². The number of nitrogens with one attached hydrogen (secondary N) is 1. The van der Waals surface area contributed by atoms with Crippen LogP contribution in [0.3, 0.4) is 0 Å². The zero-order valence-corrected chi connectivity index (χ0v) is 12.1. The Labute approximate surface area is 110 Å². The number of hydrogen-bond acceptors (Lipinski definition) is 3. The van der Waals surface area contributed by atoms with Crippen LogP contribution in [0.25, 0.3) is 0 Å². The van der Waals surface area contributed by atoms with Crippen LogP contribution in [0.15, 0.2) is 0 Å². The summed E-state index contributed by atoms with van der Waals surface area (Å²) in [7, 11) is -3.14. The van der Waals surface area contributed by atoms with Gasteiger partial charge in [-0.15, -0.1) is 11.6 Å². The summed E-state index contributed by atoms with van der Waals surface area (Å²) in [6.45, 7) is 4.76. The number of piperidine rings is 1. The van der Waals surface area contributed by atoms with E-state index in [-0.39, 0.29) is 11.8 Å². The number of alkyl halides is 1. The molecule has 17 heavy (non-hydrogen) atoms. The van der Waals surface area contributed by atoms with Gasteiger partial charge in [-0.05, 0) is 39.3 Å². The standard InChI is InChI=1S/C11H23ClN2O2S/c1-11(14-7-3-2-4-8-14)10-13-17(15,16)9-5-6-12/h11,13H,2-10H2,1H3. The van der Waals surface area contributed by atoms with Gasteiger partial charge in [0.15, 0.2) is 0 Å². The first-order valence-corrected chi connectivity index (χ1v) is 8.51. The number of likely N-dealkylation sites (tertiary alicyclic amines) is 1. The van der Waals surface area contributed by atoms with E-state index in [0.717, 1.165) is 13.1 Å². The molecule has 0 spiro atoms. The maximum Gasteiger partial charge on any atom is 0.211 e. The summed E-state index contributed by atoms with van der Waals surface area (Å²) >= 11 is 5.49. The first kappa shape index (κ1) is 15.2. The normalized spacial score (nSPS) is 20.4. The molecule has 1 heterocycles. The quantitative estimate of drug-likeness (QED) is 0.719. The van der Waals surface area contributed by atoms with Crippen LogP contribution < -0.4 is 4.72 Å². The third-order valence-electron chi connectivity index (χ3n) is 3.16. The maximum atomic E-state index is 11.6. The monoisotopic (exact) mass is 282 g/mol. The highest BCUT2D eigenvalue weighted by molar-refractivity contribution is 7.89. The van der Waals surface area contributed by atoms with E-state index in [1.807, 2.05) is 0 Å². The molecule has 1 N–H and O–H groups in total. The number of halogens is 1. The molecule has 0 bridgehead atoms. The molecule has 1 atom stereocenters. The molecular weight excluding hydrogens is 260 g/mol. The van der Waals surface area contributed by atoms with Crippen LogP contribution >= 0.6 is 11.6 Å².